The lowest BCUT2D eigenvalue weighted by Crippen LogP contribution is -2.95. The Labute approximate surface area is 92.7 Å². The number of carbonyl (C=O) groups is 2. The van der Waals surface area contributed by atoms with Crippen LogP contribution in [0, 0.1) is 0 Å². The molecule has 1 aromatic rings. The lowest BCUT2D eigenvalue weighted by atomic mass is 10.1. The predicted molar refractivity (Wildman–Crippen MR) is 50.7 cm³/mol. The molecule has 86 valence electrons. The monoisotopic (exact) mass is 222 g/mol. The molecule has 0 aliphatic carbocycles. The van der Waals surface area contributed by atoms with E-state index in [-0.39, 0.29) is 13.0 Å². The molecule has 0 unspecified atom stereocenters. The van der Waals surface area contributed by atoms with E-state index < -0.39 is 18.0 Å². The van der Waals surface area contributed by atoms with Crippen LogP contribution in [-0.2, 0) is 16.0 Å². The van der Waals surface area contributed by atoms with Gasteiger partial charge in [0, 0.05) is 6.42 Å². The van der Waals surface area contributed by atoms with E-state index in [0.29, 0.717) is 0 Å². The van der Waals surface area contributed by atoms with Crippen LogP contribution in [0.4, 0.5) is 0 Å². The fraction of sp³-hybridized carbons (Fsp3) is 0.273. The number of carboxylic acid groups (broad SMARTS) is 2. The van der Waals surface area contributed by atoms with Crippen LogP contribution in [0.3, 0.4) is 0 Å². The summed E-state index contributed by atoms with van der Waals surface area (Å²) in [5.41, 5.74) is 0.825. The normalized spacial score (nSPS) is 12.0. The lowest BCUT2D eigenvalue weighted by molar-refractivity contribution is -0.678. The average molecular weight is 222 g/mol. The van der Waals surface area contributed by atoms with E-state index in [1.807, 2.05) is 6.07 Å². The molecule has 1 rings (SSSR count). The summed E-state index contributed by atoms with van der Waals surface area (Å²) in [6.07, 6.45) is 0.233. The Kier molecular flexibility index (Phi) is 4.47. The Balaban J connectivity index is 2.58. The fourth-order valence-corrected chi connectivity index (χ4v) is 1.37. The highest BCUT2D eigenvalue weighted by molar-refractivity contribution is 5.70. The van der Waals surface area contributed by atoms with Gasteiger partial charge >= 0.3 is 0 Å². The SMILES string of the molecule is O=C([O-])C[NH2+][C@@H](Cc1ccccc1)C(=O)[O-]. The zero-order chi connectivity index (χ0) is 12.0. The molecular formula is C11H12NO4-. The van der Waals surface area contributed by atoms with Gasteiger partial charge in [-0.2, -0.15) is 0 Å². The molecular weight excluding hydrogens is 210 g/mol. The van der Waals surface area contributed by atoms with Gasteiger partial charge in [-0.1, -0.05) is 30.3 Å². The number of carbonyl (C=O) groups excluding carboxylic acids is 2. The first kappa shape index (κ1) is 12.2. The molecule has 0 fully saturated rings. The van der Waals surface area contributed by atoms with Gasteiger partial charge in [0.1, 0.15) is 12.6 Å². The van der Waals surface area contributed by atoms with E-state index in [9.17, 15) is 19.8 Å². The summed E-state index contributed by atoms with van der Waals surface area (Å²) in [7, 11) is 0. The van der Waals surface area contributed by atoms with Crippen molar-refractivity contribution in [3.63, 3.8) is 0 Å². The first-order chi connectivity index (χ1) is 7.59. The number of benzene rings is 1. The van der Waals surface area contributed by atoms with Crippen molar-refractivity contribution in [2.45, 2.75) is 12.5 Å². The summed E-state index contributed by atoms with van der Waals surface area (Å²) in [5.74, 6) is -2.57. The molecule has 0 amide bonds. The first-order valence-corrected chi connectivity index (χ1v) is 4.87. The molecule has 1 atom stereocenters. The van der Waals surface area contributed by atoms with Crippen molar-refractivity contribution in [1.29, 1.82) is 0 Å². The van der Waals surface area contributed by atoms with Crippen molar-refractivity contribution in [3.05, 3.63) is 35.9 Å². The van der Waals surface area contributed by atoms with E-state index >= 15 is 0 Å². The summed E-state index contributed by atoms with van der Waals surface area (Å²) < 4.78 is 0. The molecule has 0 saturated heterocycles. The van der Waals surface area contributed by atoms with Gasteiger partial charge in [-0.3, -0.25) is 0 Å². The maximum absolute atomic E-state index is 10.8. The second kappa shape index (κ2) is 5.87. The van der Waals surface area contributed by atoms with Crippen LogP contribution in [0.2, 0.25) is 0 Å². The Morgan fingerprint density at radius 2 is 1.81 bits per heavy atom. The summed E-state index contributed by atoms with van der Waals surface area (Å²) in [6, 6.07) is 8.06. The highest BCUT2D eigenvalue weighted by Gasteiger charge is 2.13. The van der Waals surface area contributed by atoms with Gasteiger partial charge in [0.2, 0.25) is 0 Å². The first-order valence-electron chi connectivity index (χ1n) is 4.87. The smallest absolute Gasteiger partial charge is 0.130 e. The Morgan fingerprint density at radius 3 is 2.31 bits per heavy atom. The van der Waals surface area contributed by atoms with Crippen LogP contribution in [0.25, 0.3) is 0 Å². The maximum Gasteiger partial charge on any atom is 0.130 e. The molecule has 0 aliphatic heterocycles. The van der Waals surface area contributed by atoms with Gasteiger partial charge in [0.25, 0.3) is 0 Å². The van der Waals surface area contributed by atoms with Gasteiger partial charge in [0.05, 0.1) is 11.9 Å². The third-order valence-electron chi connectivity index (χ3n) is 2.17. The molecule has 0 radical (unpaired) electrons. The third-order valence-corrected chi connectivity index (χ3v) is 2.17. The summed E-state index contributed by atoms with van der Waals surface area (Å²) >= 11 is 0. The molecule has 0 aromatic heterocycles. The summed E-state index contributed by atoms with van der Waals surface area (Å²) in [4.78, 5) is 21.0. The van der Waals surface area contributed by atoms with Crippen LogP contribution in [0.15, 0.2) is 30.3 Å². The molecule has 0 heterocycles. The number of quaternary nitrogens is 1. The van der Waals surface area contributed by atoms with E-state index in [0.717, 1.165) is 5.56 Å². The molecule has 16 heavy (non-hydrogen) atoms. The Morgan fingerprint density at radius 1 is 1.19 bits per heavy atom. The summed E-state index contributed by atoms with van der Waals surface area (Å²) in [6.45, 7) is -0.383. The van der Waals surface area contributed by atoms with Gasteiger partial charge in [-0.15, -0.1) is 0 Å². The molecule has 0 saturated carbocycles. The van der Waals surface area contributed by atoms with Crippen LogP contribution >= 0.6 is 0 Å². The molecule has 0 bridgehead atoms. The minimum atomic E-state index is -1.29. The maximum atomic E-state index is 10.8. The predicted octanol–water partition coefficient (Wildman–Crippen LogP) is -3.34. The standard InChI is InChI=1S/C11H13NO4/c13-10(14)7-12-9(11(15)16)6-8-4-2-1-3-5-8/h1-5,9,12H,6-7H2,(H,13,14)(H,15,16)/p-1/t9-/m0/s1. The van der Waals surface area contributed by atoms with Crippen molar-refractivity contribution >= 4 is 11.9 Å². The Bertz CT molecular complexity index is 364. The zero-order valence-corrected chi connectivity index (χ0v) is 8.59. The number of hydrogen-bond acceptors (Lipinski definition) is 4. The van der Waals surface area contributed by atoms with Crippen LogP contribution in [0.5, 0.6) is 0 Å². The van der Waals surface area contributed by atoms with Crippen molar-refractivity contribution < 1.29 is 25.1 Å². The molecule has 1 aromatic carbocycles. The van der Waals surface area contributed by atoms with Gasteiger partial charge < -0.3 is 25.1 Å². The van der Waals surface area contributed by atoms with Crippen LogP contribution < -0.4 is 15.5 Å². The zero-order valence-electron chi connectivity index (χ0n) is 8.59. The van der Waals surface area contributed by atoms with E-state index in [1.54, 1.807) is 24.3 Å². The second-order valence-corrected chi connectivity index (χ2v) is 3.43. The molecule has 2 N–H and O–H groups in total. The fourth-order valence-electron chi connectivity index (χ4n) is 1.37. The highest BCUT2D eigenvalue weighted by atomic mass is 16.4. The largest absolute Gasteiger partial charge is 0.544 e. The minimum absolute atomic E-state index is 0.233. The highest BCUT2D eigenvalue weighted by Crippen LogP contribution is 2.00. The molecule has 5 nitrogen and oxygen atoms in total. The molecule has 5 heteroatoms. The second-order valence-electron chi connectivity index (χ2n) is 3.43. The number of carboxylic acids is 2. The van der Waals surface area contributed by atoms with Gasteiger partial charge in [0.15, 0.2) is 0 Å². The van der Waals surface area contributed by atoms with Crippen LogP contribution in [0.1, 0.15) is 5.56 Å². The van der Waals surface area contributed by atoms with Crippen molar-refractivity contribution in [2.24, 2.45) is 0 Å². The van der Waals surface area contributed by atoms with E-state index in [4.69, 9.17) is 0 Å². The van der Waals surface area contributed by atoms with Crippen molar-refractivity contribution in [2.75, 3.05) is 6.54 Å². The number of aliphatic carboxylic acids is 2. The Hall–Kier alpha value is -1.88. The van der Waals surface area contributed by atoms with Crippen LogP contribution in [-0.4, -0.2) is 24.5 Å². The van der Waals surface area contributed by atoms with Crippen molar-refractivity contribution in [3.8, 4) is 0 Å². The molecule has 0 aliphatic rings. The van der Waals surface area contributed by atoms with Gasteiger partial charge in [-0.25, -0.2) is 0 Å². The van der Waals surface area contributed by atoms with E-state index in [1.165, 1.54) is 5.32 Å². The third kappa shape index (κ3) is 4.10. The number of rotatable bonds is 6. The average Bonchev–Trinajstić information content (AvgIpc) is 2.25. The number of hydrogen-bond donors (Lipinski definition) is 1. The van der Waals surface area contributed by atoms with Crippen molar-refractivity contribution in [1.82, 2.24) is 0 Å². The molecule has 0 spiro atoms. The topological polar surface area (TPSA) is 96.9 Å². The summed E-state index contributed by atoms with van der Waals surface area (Å²) in [5, 5.41) is 22.2. The van der Waals surface area contributed by atoms with Gasteiger partial charge in [-0.05, 0) is 5.56 Å². The number of nitrogens with two attached hydrogens (primary N) is 1. The van der Waals surface area contributed by atoms with E-state index in [2.05, 4.69) is 0 Å². The minimum Gasteiger partial charge on any atom is -0.544 e. The quantitative estimate of drug-likeness (QED) is 0.544. The lowest BCUT2D eigenvalue weighted by Gasteiger charge is -2.16.